The molecular weight excluding hydrogens is 494 g/mol. The maximum atomic E-state index is 14.4. The molecule has 0 spiro atoms. The maximum absolute atomic E-state index is 14.4. The number of rotatable bonds is 9. The Morgan fingerprint density at radius 2 is 1.69 bits per heavy atom. The number of anilines is 2. The van der Waals surface area contributed by atoms with Crippen molar-refractivity contribution in [1.82, 2.24) is 5.32 Å². The normalized spacial score (nSPS) is 17.9. The first kappa shape index (κ1) is 28.1. The molecule has 206 valence electrons. The first-order chi connectivity index (χ1) is 18.8. The summed E-state index contributed by atoms with van der Waals surface area (Å²) in [4.78, 5) is 44.3. The average Bonchev–Trinajstić information content (AvgIpc) is 3.04. The predicted molar refractivity (Wildman–Crippen MR) is 153 cm³/mol. The number of benzene rings is 3. The van der Waals surface area contributed by atoms with E-state index in [2.05, 4.69) is 5.32 Å². The lowest BCUT2D eigenvalue weighted by Crippen LogP contribution is -2.58. The second kappa shape index (κ2) is 12.3. The van der Waals surface area contributed by atoms with Crippen LogP contribution in [0.25, 0.3) is 10.8 Å². The number of fused-ring (bicyclic) bond motifs is 2. The second-order valence-electron chi connectivity index (χ2n) is 9.92. The molecule has 0 unspecified atom stereocenters. The molecule has 0 radical (unpaired) electrons. The van der Waals surface area contributed by atoms with E-state index in [0.717, 1.165) is 16.3 Å². The van der Waals surface area contributed by atoms with Crippen molar-refractivity contribution in [3.63, 3.8) is 0 Å². The summed E-state index contributed by atoms with van der Waals surface area (Å²) in [6.07, 6.45) is 0.779. The molecule has 3 aromatic carbocycles. The Balaban J connectivity index is 1.88. The topological polar surface area (TPSA) is 88.2 Å². The van der Waals surface area contributed by atoms with Gasteiger partial charge in [0.05, 0.1) is 44.1 Å². The van der Waals surface area contributed by atoms with Gasteiger partial charge in [0.15, 0.2) is 0 Å². The number of carbonyl (C=O) groups excluding carboxylic acids is 3. The summed E-state index contributed by atoms with van der Waals surface area (Å²) in [7, 11) is 3.16. The van der Waals surface area contributed by atoms with Gasteiger partial charge in [0.2, 0.25) is 11.8 Å². The third kappa shape index (κ3) is 5.61. The summed E-state index contributed by atoms with van der Waals surface area (Å²) in [5.74, 6) is -0.314. The number of carbonyl (C=O) groups is 3. The van der Waals surface area contributed by atoms with E-state index in [0.29, 0.717) is 23.5 Å². The lowest BCUT2D eigenvalue weighted by Gasteiger charge is -2.32. The van der Waals surface area contributed by atoms with Gasteiger partial charge in [-0.2, -0.15) is 0 Å². The van der Waals surface area contributed by atoms with Crippen LogP contribution in [0.5, 0.6) is 5.75 Å². The fourth-order valence-corrected chi connectivity index (χ4v) is 5.08. The zero-order valence-corrected chi connectivity index (χ0v) is 23.3. The Bertz CT molecular complexity index is 1360. The molecule has 3 atom stereocenters. The Hall–Kier alpha value is -3.91. The van der Waals surface area contributed by atoms with Crippen molar-refractivity contribution >= 4 is 39.9 Å². The van der Waals surface area contributed by atoms with Crippen LogP contribution in [-0.4, -0.2) is 50.6 Å². The molecule has 1 aliphatic heterocycles. The van der Waals surface area contributed by atoms with E-state index < -0.39 is 12.1 Å². The van der Waals surface area contributed by atoms with Crippen LogP contribution in [0, 0.1) is 5.92 Å². The molecule has 8 nitrogen and oxygen atoms in total. The summed E-state index contributed by atoms with van der Waals surface area (Å²) in [6.45, 7) is 6.01. The van der Waals surface area contributed by atoms with Gasteiger partial charge in [0.25, 0.3) is 5.91 Å². The number of hydrogen-bond acceptors (Lipinski definition) is 5. The van der Waals surface area contributed by atoms with Crippen molar-refractivity contribution in [2.75, 3.05) is 30.6 Å². The fourth-order valence-electron chi connectivity index (χ4n) is 5.08. The van der Waals surface area contributed by atoms with Crippen molar-refractivity contribution in [3.05, 3.63) is 66.2 Å². The van der Waals surface area contributed by atoms with Crippen LogP contribution in [-0.2, 0) is 25.7 Å². The van der Waals surface area contributed by atoms with E-state index in [-0.39, 0.29) is 43.2 Å². The molecule has 1 N–H and O–H groups in total. The molecule has 3 aromatic rings. The standard InChI is InChI=1S/C31H37N3O5/c1-6-20(2)30(36)32-29-21(3)34(28(35)17-18-38-4)26-14-10-9-13-25(26)33(31(29)37)19-24-23-12-8-7-11-22(23)15-16-27(24)39-5/h7-16,20-21,29H,6,17-19H2,1-5H3,(H,32,36)/t20-,21+,29+/m1/s1. The molecule has 3 amide bonds. The van der Waals surface area contributed by atoms with Gasteiger partial charge in [-0.1, -0.05) is 56.3 Å². The molecule has 4 rings (SSSR count). The molecule has 1 heterocycles. The number of amides is 3. The number of nitrogens with one attached hydrogen (secondary N) is 1. The van der Waals surface area contributed by atoms with Crippen molar-refractivity contribution in [3.8, 4) is 5.75 Å². The van der Waals surface area contributed by atoms with Gasteiger partial charge >= 0.3 is 0 Å². The van der Waals surface area contributed by atoms with Crippen molar-refractivity contribution in [2.45, 2.75) is 52.2 Å². The summed E-state index contributed by atoms with van der Waals surface area (Å²) in [5.41, 5.74) is 2.05. The Kier molecular flexibility index (Phi) is 8.86. The largest absolute Gasteiger partial charge is 0.496 e. The quantitative estimate of drug-likeness (QED) is 0.433. The summed E-state index contributed by atoms with van der Waals surface area (Å²) < 4.78 is 10.9. The Morgan fingerprint density at radius 1 is 1.00 bits per heavy atom. The molecule has 8 heteroatoms. The molecule has 0 bridgehead atoms. The van der Waals surface area contributed by atoms with E-state index in [9.17, 15) is 14.4 Å². The minimum Gasteiger partial charge on any atom is -0.496 e. The van der Waals surface area contributed by atoms with Crippen molar-refractivity contribution in [1.29, 1.82) is 0 Å². The van der Waals surface area contributed by atoms with E-state index in [1.807, 2.05) is 81.4 Å². The van der Waals surface area contributed by atoms with Gasteiger partial charge in [0.1, 0.15) is 11.8 Å². The van der Waals surface area contributed by atoms with Crippen LogP contribution in [0.2, 0.25) is 0 Å². The van der Waals surface area contributed by atoms with Crippen LogP contribution in [0.15, 0.2) is 60.7 Å². The van der Waals surface area contributed by atoms with Crippen molar-refractivity contribution in [2.24, 2.45) is 5.92 Å². The third-order valence-corrected chi connectivity index (χ3v) is 7.53. The summed E-state index contributed by atoms with van der Waals surface area (Å²) >= 11 is 0. The monoisotopic (exact) mass is 531 g/mol. The Morgan fingerprint density at radius 3 is 2.38 bits per heavy atom. The fraction of sp³-hybridized carbons (Fsp3) is 0.387. The molecule has 0 fully saturated rings. The highest BCUT2D eigenvalue weighted by Crippen LogP contribution is 2.39. The molecule has 0 aliphatic carbocycles. The predicted octanol–water partition coefficient (Wildman–Crippen LogP) is 4.68. The average molecular weight is 532 g/mol. The van der Waals surface area contributed by atoms with Crippen molar-refractivity contribution < 1.29 is 23.9 Å². The van der Waals surface area contributed by atoms with Gasteiger partial charge in [-0.3, -0.25) is 14.4 Å². The minimum absolute atomic E-state index is 0.145. The molecule has 0 aromatic heterocycles. The second-order valence-corrected chi connectivity index (χ2v) is 9.92. The zero-order chi connectivity index (χ0) is 28.1. The maximum Gasteiger partial charge on any atom is 0.252 e. The number of nitrogens with zero attached hydrogens (tertiary/aromatic N) is 2. The lowest BCUT2D eigenvalue weighted by atomic mass is 10.0. The SMILES string of the molecule is CC[C@@H](C)C(=O)N[C@@H]1C(=O)N(Cc2c(OC)ccc3ccccc23)c2ccccc2N(C(=O)CCOC)[C@H]1C. The number of ether oxygens (including phenoxy) is 2. The van der Waals surface area contributed by atoms with Gasteiger partial charge in [-0.05, 0) is 42.3 Å². The van der Waals surface area contributed by atoms with Crippen LogP contribution in [0.4, 0.5) is 11.4 Å². The third-order valence-electron chi connectivity index (χ3n) is 7.53. The lowest BCUT2D eigenvalue weighted by molar-refractivity contribution is -0.130. The summed E-state index contributed by atoms with van der Waals surface area (Å²) in [5, 5.41) is 4.97. The zero-order valence-electron chi connectivity index (χ0n) is 23.3. The van der Waals surface area contributed by atoms with Gasteiger partial charge in [-0.25, -0.2) is 0 Å². The van der Waals surface area contributed by atoms with E-state index in [1.165, 1.54) is 0 Å². The van der Waals surface area contributed by atoms with Gasteiger partial charge in [-0.15, -0.1) is 0 Å². The molecule has 39 heavy (non-hydrogen) atoms. The van der Waals surface area contributed by atoms with Gasteiger partial charge in [0, 0.05) is 18.6 Å². The molecule has 0 saturated heterocycles. The first-order valence-corrected chi connectivity index (χ1v) is 13.4. The Labute approximate surface area is 229 Å². The van der Waals surface area contributed by atoms with Gasteiger partial charge < -0.3 is 24.6 Å². The molecule has 0 saturated carbocycles. The highest BCUT2D eigenvalue weighted by atomic mass is 16.5. The highest BCUT2D eigenvalue weighted by molar-refractivity contribution is 6.09. The molecular formula is C31H37N3O5. The van der Waals surface area contributed by atoms with E-state index >= 15 is 0 Å². The first-order valence-electron chi connectivity index (χ1n) is 13.4. The van der Waals surface area contributed by atoms with E-state index in [4.69, 9.17) is 9.47 Å². The van der Waals surface area contributed by atoms with Crippen LogP contribution < -0.4 is 19.9 Å². The summed E-state index contributed by atoms with van der Waals surface area (Å²) in [6, 6.07) is 17.6. The minimum atomic E-state index is -0.952. The van der Waals surface area contributed by atoms with Crippen LogP contribution in [0.3, 0.4) is 0 Å². The smallest absolute Gasteiger partial charge is 0.252 e. The van der Waals surface area contributed by atoms with Crippen LogP contribution >= 0.6 is 0 Å². The van der Waals surface area contributed by atoms with Crippen LogP contribution in [0.1, 0.15) is 39.2 Å². The number of hydrogen-bond donors (Lipinski definition) is 1. The highest BCUT2D eigenvalue weighted by Gasteiger charge is 2.42. The van der Waals surface area contributed by atoms with E-state index in [1.54, 1.807) is 24.0 Å². The number of methoxy groups -OCH3 is 2. The molecule has 1 aliphatic rings. The number of para-hydroxylation sites is 2.